The van der Waals surface area contributed by atoms with Gasteiger partial charge in [-0.05, 0) is 33.8 Å². The third-order valence-electron chi connectivity index (χ3n) is 1.49. The van der Waals surface area contributed by atoms with Gasteiger partial charge in [0.25, 0.3) is 0 Å². The predicted octanol–water partition coefficient (Wildman–Crippen LogP) is 3.26. The number of halogens is 1. The molecule has 1 aromatic rings. The van der Waals surface area contributed by atoms with Crippen molar-refractivity contribution in [1.29, 1.82) is 0 Å². The maximum atomic E-state index is 5.67. The van der Waals surface area contributed by atoms with E-state index in [1.165, 1.54) is 8.66 Å². The van der Waals surface area contributed by atoms with Crippen molar-refractivity contribution < 1.29 is 0 Å². The maximum Gasteiger partial charge on any atom is 0.0701 e. The molecule has 0 saturated heterocycles. The first kappa shape index (κ1) is 10.6. The normalized spacial score (nSPS) is 13.2. The molecule has 1 aromatic heterocycles. The van der Waals surface area contributed by atoms with Crippen molar-refractivity contribution in [2.75, 3.05) is 12.3 Å². The Hall–Kier alpha value is 0.490. The molecule has 12 heavy (non-hydrogen) atoms. The summed E-state index contributed by atoms with van der Waals surface area (Å²) in [5, 5.41) is 0.478. The molecule has 0 aliphatic heterocycles. The summed E-state index contributed by atoms with van der Waals surface area (Å²) >= 11 is 7.13. The third-order valence-corrected chi connectivity index (χ3v) is 4.56. The largest absolute Gasteiger partial charge is 0.329 e. The molecule has 1 nitrogen and oxygen atoms in total. The fraction of sp³-hybridized carbons (Fsp3) is 0.500. The van der Waals surface area contributed by atoms with Gasteiger partial charge in [-0.3, -0.25) is 0 Å². The molecule has 1 atom stereocenters. The van der Waals surface area contributed by atoms with E-state index in [1.807, 2.05) is 11.8 Å². The fourth-order valence-electron chi connectivity index (χ4n) is 0.969. The molecular weight excluding hydrogens is 254 g/mol. The summed E-state index contributed by atoms with van der Waals surface area (Å²) in [6.45, 7) is 2.89. The molecular formula is C8H12BrNS2. The van der Waals surface area contributed by atoms with Crippen LogP contribution in [-0.4, -0.2) is 12.3 Å². The van der Waals surface area contributed by atoms with Gasteiger partial charge < -0.3 is 5.73 Å². The number of thiophene rings is 1. The van der Waals surface area contributed by atoms with Gasteiger partial charge >= 0.3 is 0 Å². The Morgan fingerprint density at radius 2 is 2.42 bits per heavy atom. The average molecular weight is 266 g/mol. The van der Waals surface area contributed by atoms with Gasteiger partial charge in [-0.1, -0.05) is 6.92 Å². The van der Waals surface area contributed by atoms with Crippen LogP contribution in [0.2, 0.25) is 0 Å². The smallest absolute Gasteiger partial charge is 0.0701 e. The summed E-state index contributed by atoms with van der Waals surface area (Å²) in [7, 11) is 0. The third kappa shape index (κ3) is 2.76. The highest BCUT2D eigenvalue weighted by Gasteiger charge is 2.10. The van der Waals surface area contributed by atoms with E-state index < -0.39 is 0 Å². The van der Waals surface area contributed by atoms with E-state index in [2.05, 4.69) is 35.0 Å². The SMILES string of the molecule is CCSC(CN)c1ccc(Br)s1. The molecule has 0 bridgehead atoms. The molecule has 2 N–H and O–H groups in total. The lowest BCUT2D eigenvalue weighted by Gasteiger charge is -2.09. The fourth-order valence-corrected chi connectivity index (χ4v) is 3.52. The van der Waals surface area contributed by atoms with Gasteiger partial charge in [0.2, 0.25) is 0 Å². The van der Waals surface area contributed by atoms with Gasteiger partial charge in [-0.25, -0.2) is 0 Å². The number of thioether (sulfide) groups is 1. The Labute approximate surface area is 89.9 Å². The molecule has 0 fully saturated rings. The zero-order valence-corrected chi connectivity index (χ0v) is 10.1. The summed E-state index contributed by atoms with van der Waals surface area (Å²) in [5.74, 6) is 1.12. The van der Waals surface area contributed by atoms with Crippen molar-refractivity contribution in [1.82, 2.24) is 0 Å². The average Bonchev–Trinajstić information content (AvgIpc) is 2.47. The summed E-state index contributed by atoms with van der Waals surface area (Å²) in [6.07, 6.45) is 0. The summed E-state index contributed by atoms with van der Waals surface area (Å²) in [4.78, 5) is 1.37. The highest BCUT2D eigenvalue weighted by Crippen LogP contribution is 2.34. The first-order valence-electron chi connectivity index (χ1n) is 3.84. The van der Waals surface area contributed by atoms with Crippen LogP contribution in [0.4, 0.5) is 0 Å². The van der Waals surface area contributed by atoms with E-state index in [4.69, 9.17) is 5.73 Å². The van der Waals surface area contributed by atoms with E-state index in [1.54, 1.807) is 11.3 Å². The Morgan fingerprint density at radius 3 is 2.83 bits per heavy atom. The number of nitrogens with two attached hydrogens (primary N) is 1. The zero-order valence-electron chi connectivity index (χ0n) is 6.92. The summed E-state index contributed by atoms with van der Waals surface area (Å²) in [5.41, 5.74) is 5.67. The highest BCUT2D eigenvalue weighted by molar-refractivity contribution is 9.11. The minimum absolute atomic E-state index is 0.478. The van der Waals surface area contributed by atoms with Crippen LogP contribution in [0.5, 0.6) is 0 Å². The van der Waals surface area contributed by atoms with Crippen molar-refractivity contribution in [3.05, 3.63) is 20.8 Å². The number of rotatable bonds is 4. The van der Waals surface area contributed by atoms with Crippen molar-refractivity contribution in [3.8, 4) is 0 Å². The van der Waals surface area contributed by atoms with Gasteiger partial charge in [0.05, 0.1) is 9.04 Å². The second-order valence-corrected chi connectivity index (χ2v) is 6.30. The molecule has 68 valence electrons. The van der Waals surface area contributed by atoms with E-state index in [9.17, 15) is 0 Å². The van der Waals surface area contributed by atoms with Crippen LogP contribution in [0.25, 0.3) is 0 Å². The molecule has 0 aromatic carbocycles. The molecule has 0 aliphatic carbocycles. The Balaban J connectivity index is 2.66. The molecule has 0 aliphatic rings. The van der Waals surface area contributed by atoms with Crippen LogP contribution in [-0.2, 0) is 0 Å². The Morgan fingerprint density at radius 1 is 1.67 bits per heavy atom. The van der Waals surface area contributed by atoms with Crippen molar-refractivity contribution in [2.45, 2.75) is 12.2 Å². The second-order valence-electron chi connectivity index (χ2n) is 2.32. The Bertz CT molecular complexity index is 237. The summed E-state index contributed by atoms with van der Waals surface area (Å²) < 4.78 is 1.19. The van der Waals surface area contributed by atoms with Gasteiger partial charge in [0, 0.05) is 11.4 Å². The maximum absolute atomic E-state index is 5.67. The van der Waals surface area contributed by atoms with Gasteiger partial charge in [0.15, 0.2) is 0 Å². The minimum atomic E-state index is 0.478. The lowest BCUT2D eigenvalue weighted by atomic mass is 10.3. The monoisotopic (exact) mass is 265 g/mol. The first-order valence-corrected chi connectivity index (χ1v) is 6.50. The van der Waals surface area contributed by atoms with E-state index >= 15 is 0 Å². The van der Waals surface area contributed by atoms with Crippen LogP contribution >= 0.6 is 39.0 Å². The molecule has 1 heterocycles. The van der Waals surface area contributed by atoms with Gasteiger partial charge in [-0.2, -0.15) is 11.8 Å². The standard InChI is InChI=1S/C8H12BrNS2/c1-2-11-7(5-10)6-3-4-8(9)12-6/h3-4,7H,2,5,10H2,1H3. The minimum Gasteiger partial charge on any atom is -0.329 e. The molecule has 4 heteroatoms. The molecule has 1 rings (SSSR count). The topological polar surface area (TPSA) is 26.0 Å². The molecule has 0 amide bonds. The van der Waals surface area contributed by atoms with E-state index in [0.29, 0.717) is 5.25 Å². The predicted molar refractivity (Wildman–Crippen MR) is 61.9 cm³/mol. The lowest BCUT2D eigenvalue weighted by molar-refractivity contribution is 0.961. The van der Waals surface area contributed by atoms with Crippen LogP contribution in [0, 0.1) is 0 Å². The van der Waals surface area contributed by atoms with Crippen molar-refractivity contribution in [2.24, 2.45) is 5.73 Å². The van der Waals surface area contributed by atoms with Crippen LogP contribution in [0.1, 0.15) is 17.1 Å². The summed E-state index contributed by atoms with van der Waals surface area (Å²) in [6, 6.07) is 4.23. The first-order chi connectivity index (χ1) is 5.77. The molecule has 0 radical (unpaired) electrons. The van der Waals surface area contributed by atoms with Crippen molar-refractivity contribution >= 4 is 39.0 Å². The number of hydrogen-bond acceptors (Lipinski definition) is 3. The molecule has 0 spiro atoms. The van der Waals surface area contributed by atoms with Gasteiger partial charge in [0.1, 0.15) is 0 Å². The Kier molecular flexibility index (Phi) is 4.64. The van der Waals surface area contributed by atoms with Crippen molar-refractivity contribution in [3.63, 3.8) is 0 Å². The van der Waals surface area contributed by atoms with E-state index in [0.717, 1.165) is 12.3 Å². The van der Waals surface area contributed by atoms with Crippen LogP contribution in [0.15, 0.2) is 15.9 Å². The van der Waals surface area contributed by atoms with Crippen LogP contribution < -0.4 is 5.73 Å². The highest BCUT2D eigenvalue weighted by atomic mass is 79.9. The number of hydrogen-bond donors (Lipinski definition) is 1. The quantitative estimate of drug-likeness (QED) is 0.905. The lowest BCUT2D eigenvalue weighted by Crippen LogP contribution is -2.08. The van der Waals surface area contributed by atoms with E-state index in [-0.39, 0.29) is 0 Å². The molecule has 1 unspecified atom stereocenters. The van der Waals surface area contributed by atoms with Gasteiger partial charge in [-0.15, -0.1) is 11.3 Å². The molecule has 0 saturated carbocycles. The van der Waals surface area contributed by atoms with Crippen LogP contribution in [0.3, 0.4) is 0 Å². The second kappa shape index (κ2) is 5.27. The zero-order chi connectivity index (χ0) is 8.97.